The Morgan fingerprint density at radius 1 is 1.30 bits per heavy atom. The van der Waals surface area contributed by atoms with Gasteiger partial charge < -0.3 is 10.4 Å². The molecule has 1 unspecified atom stereocenters. The largest absolute Gasteiger partial charge is 0.387 e. The number of halogens is 1. The minimum atomic E-state index is -0.688. The van der Waals surface area contributed by atoms with E-state index in [0.29, 0.717) is 5.69 Å². The minimum Gasteiger partial charge on any atom is -0.387 e. The van der Waals surface area contributed by atoms with Crippen LogP contribution in [0.4, 0.5) is 10.1 Å². The fourth-order valence-electron chi connectivity index (χ4n) is 1.96. The van der Waals surface area contributed by atoms with Crippen molar-refractivity contribution in [1.29, 1.82) is 5.26 Å². The molecule has 0 aromatic heterocycles. The third-order valence-corrected chi connectivity index (χ3v) is 3.01. The van der Waals surface area contributed by atoms with E-state index in [4.69, 9.17) is 5.26 Å². The van der Waals surface area contributed by atoms with Gasteiger partial charge in [0.05, 0.1) is 17.4 Å². The van der Waals surface area contributed by atoms with E-state index in [1.54, 1.807) is 0 Å². The van der Waals surface area contributed by atoms with Crippen molar-refractivity contribution in [1.82, 2.24) is 0 Å². The lowest BCUT2D eigenvalue weighted by atomic mass is 10.1. The van der Waals surface area contributed by atoms with Gasteiger partial charge in [-0.25, -0.2) is 4.39 Å². The van der Waals surface area contributed by atoms with Crippen LogP contribution in [0.2, 0.25) is 0 Å². The minimum absolute atomic E-state index is 0.224. The number of aliphatic hydroxyl groups is 1. The molecule has 0 aliphatic rings. The molecule has 102 valence electrons. The molecule has 0 radical (unpaired) electrons. The average Bonchev–Trinajstić information content (AvgIpc) is 2.45. The van der Waals surface area contributed by atoms with Gasteiger partial charge in [-0.3, -0.25) is 0 Å². The second-order valence-electron chi connectivity index (χ2n) is 4.61. The number of benzene rings is 2. The summed E-state index contributed by atoms with van der Waals surface area (Å²) in [6.07, 6.45) is -0.688. The summed E-state index contributed by atoms with van der Waals surface area (Å²) in [6, 6.07) is 13.5. The Morgan fingerprint density at radius 2 is 2.10 bits per heavy atom. The molecule has 0 saturated carbocycles. The van der Waals surface area contributed by atoms with Gasteiger partial charge in [0.2, 0.25) is 0 Å². The van der Waals surface area contributed by atoms with Crippen LogP contribution in [0, 0.1) is 24.1 Å². The Kier molecular flexibility index (Phi) is 4.34. The van der Waals surface area contributed by atoms with E-state index in [1.165, 1.54) is 18.2 Å². The average molecular weight is 270 g/mol. The quantitative estimate of drug-likeness (QED) is 0.897. The van der Waals surface area contributed by atoms with Crippen LogP contribution in [-0.2, 0) is 0 Å². The second-order valence-corrected chi connectivity index (χ2v) is 4.61. The van der Waals surface area contributed by atoms with Crippen molar-refractivity contribution < 1.29 is 9.50 Å². The van der Waals surface area contributed by atoms with E-state index in [2.05, 4.69) is 5.32 Å². The van der Waals surface area contributed by atoms with Crippen molar-refractivity contribution in [3.63, 3.8) is 0 Å². The summed E-state index contributed by atoms with van der Waals surface area (Å²) < 4.78 is 13.0. The highest BCUT2D eigenvalue weighted by Gasteiger charge is 2.09. The summed E-state index contributed by atoms with van der Waals surface area (Å²) in [4.78, 5) is 0. The number of aryl methyl sites for hydroxylation is 1. The molecule has 0 aliphatic heterocycles. The first-order valence-electron chi connectivity index (χ1n) is 6.28. The molecular weight excluding hydrogens is 255 g/mol. The van der Waals surface area contributed by atoms with Crippen molar-refractivity contribution in [2.75, 3.05) is 11.9 Å². The van der Waals surface area contributed by atoms with E-state index in [1.807, 2.05) is 37.3 Å². The summed E-state index contributed by atoms with van der Waals surface area (Å²) >= 11 is 0. The van der Waals surface area contributed by atoms with Crippen LogP contribution in [0.3, 0.4) is 0 Å². The maximum Gasteiger partial charge on any atom is 0.124 e. The van der Waals surface area contributed by atoms with Crippen LogP contribution in [0.5, 0.6) is 0 Å². The number of nitrogens with one attached hydrogen (secondary N) is 1. The zero-order valence-electron chi connectivity index (χ0n) is 11.1. The molecule has 2 aromatic carbocycles. The molecule has 2 rings (SSSR count). The van der Waals surface area contributed by atoms with Crippen LogP contribution >= 0.6 is 0 Å². The molecule has 0 saturated heterocycles. The Bertz CT molecular complexity index is 649. The van der Waals surface area contributed by atoms with Gasteiger partial charge in [-0.2, -0.15) is 5.26 Å². The molecular formula is C16H15FN2O. The standard InChI is InChI=1S/C16H15FN2O/c1-11-3-2-4-12(7-11)16(20)10-19-15-6-5-14(17)8-13(15)9-18/h2-8,16,19-20H,10H2,1H3. The van der Waals surface area contributed by atoms with Gasteiger partial charge >= 0.3 is 0 Å². The number of anilines is 1. The third kappa shape index (κ3) is 3.34. The molecule has 0 aliphatic carbocycles. The lowest BCUT2D eigenvalue weighted by molar-refractivity contribution is 0.191. The fourth-order valence-corrected chi connectivity index (χ4v) is 1.96. The summed E-state index contributed by atoms with van der Waals surface area (Å²) in [7, 11) is 0. The molecule has 0 amide bonds. The zero-order valence-corrected chi connectivity index (χ0v) is 11.1. The molecule has 0 spiro atoms. The molecule has 0 heterocycles. The first kappa shape index (κ1) is 14.0. The first-order chi connectivity index (χ1) is 9.60. The van der Waals surface area contributed by atoms with Crippen molar-refractivity contribution >= 4 is 5.69 Å². The van der Waals surface area contributed by atoms with Gasteiger partial charge in [0.15, 0.2) is 0 Å². The molecule has 0 bridgehead atoms. The third-order valence-electron chi connectivity index (χ3n) is 3.01. The molecule has 1 atom stereocenters. The highest BCUT2D eigenvalue weighted by atomic mass is 19.1. The van der Waals surface area contributed by atoms with Crippen LogP contribution < -0.4 is 5.32 Å². The lowest BCUT2D eigenvalue weighted by Gasteiger charge is -2.14. The lowest BCUT2D eigenvalue weighted by Crippen LogP contribution is -2.13. The van der Waals surface area contributed by atoms with E-state index in [-0.39, 0.29) is 12.1 Å². The number of nitrogens with zero attached hydrogens (tertiary/aromatic N) is 1. The summed E-state index contributed by atoms with van der Waals surface area (Å²) in [5.74, 6) is -0.452. The van der Waals surface area contributed by atoms with E-state index in [0.717, 1.165) is 11.1 Å². The van der Waals surface area contributed by atoms with Crippen LogP contribution in [0.25, 0.3) is 0 Å². The van der Waals surface area contributed by atoms with Crippen LogP contribution in [-0.4, -0.2) is 11.7 Å². The smallest absolute Gasteiger partial charge is 0.124 e. The highest BCUT2D eigenvalue weighted by Crippen LogP contribution is 2.19. The number of aliphatic hydroxyl groups excluding tert-OH is 1. The van der Waals surface area contributed by atoms with E-state index < -0.39 is 11.9 Å². The maximum atomic E-state index is 13.0. The Labute approximate surface area is 117 Å². The predicted molar refractivity (Wildman–Crippen MR) is 75.7 cm³/mol. The summed E-state index contributed by atoms with van der Waals surface area (Å²) in [5, 5.41) is 22.0. The van der Waals surface area contributed by atoms with Crippen molar-refractivity contribution in [3.05, 3.63) is 65.0 Å². The summed E-state index contributed by atoms with van der Waals surface area (Å²) in [6.45, 7) is 2.21. The Morgan fingerprint density at radius 3 is 2.80 bits per heavy atom. The van der Waals surface area contributed by atoms with Crippen molar-refractivity contribution in [3.8, 4) is 6.07 Å². The van der Waals surface area contributed by atoms with Crippen molar-refractivity contribution in [2.45, 2.75) is 13.0 Å². The van der Waals surface area contributed by atoms with E-state index in [9.17, 15) is 9.50 Å². The molecule has 20 heavy (non-hydrogen) atoms. The fraction of sp³-hybridized carbons (Fsp3) is 0.188. The summed E-state index contributed by atoms with van der Waals surface area (Å²) in [5.41, 5.74) is 2.61. The van der Waals surface area contributed by atoms with Gasteiger partial charge in [0.1, 0.15) is 11.9 Å². The normalized spacial score (nSPS) is 11.7. The Hall–Kier alpha value is -2.38. The number of nitriles is 1. The van der Waals surface area contributed by atoms with Gasteiger partial charge in [-0.1, -0.05) is 29.8 Å². The Balaban J connectivity index is 2.07. The van der Waals surface area contributed by atoms with Gasteiger partial charge in [-0.05, 0) is 30.7 Å². The van der Waals surface area contributed by atoms with E-state index >= 15 is 0 Å². The molecule has 3 nitrogen and oxygen atoms in total. The van der Waals surface area contributed by atoms with Crippen LogP contribution in [0.15, 0.2) is 42.5 Å². The predicted octanol–water partition coefficient (Wildman–Crippen LogP) is 3.15. The molecule has 2 aromatic rings. The SMILES string of the molecule is Cc1cccc(C(O)CNc2ccc(F)cc2C#N)c1. The molecule has 4 heteroatoms. The topological polar surface area (TPSA) is 56.0 Å². The number of hydrogen-bond acceptors (Lipinski definition) is 3. The number of rotatable bonds is 4. The monoisotopic (exact) mass is 270 g/mol. The molecule has 2 N–H and O–H groups in total. The zero-order chi connectivity index (χ0) is 14.5. The first-order valence-corrected chi connectivity index (χ1v) is 6.28. The number of hydrogen-bond donors (Lipinski definition) is 2. The second kappa shape index (κ2) is 6.18. The van der Waals surface area contributed by atoms with Crippen molar-refractivity contribution in [2.24, 2.45) is 0 Å². The molecule has 0 fully saturated rings. The van der Waals surface area contributed by atoms with Gasteiger partial charge in [-0.15, -0.1) is 0 Å². The van der Waals surface area contributed by atoms with Gasteiger partial charge in [0.25, 0.3) is 0 Å². The van der Waals surface area contributed by atoms with Crippen LogP contribution in [0.1, 0.15) is 22.8 Å². The highest BCUT2D eigenvalue weighted by molar-refractivity contribution is 5.57. The van der Waals surface area contributed by atoms with Gasteiger partial charge in [0, 0.05) is 6.54 Å². The maximum absolute atomic E-state index is 13.0.